The van der Waals surface area contributed by atoms with Crippen LogP contribution in [0.4, 0.5) is 4.79 Å². The predicted octanol–water partition coefficient (Wildman–Crippen LogP) is 2.22. The number of nitrogens with zero attached hydrogens (tertiary/aromatic N) is 1. The first-order chi connectivity index (χ1) is 12.9. The number of benzene rings is 1. The molecule has 3 amide bonds. The van der Waals surface area contributed by atoms with Gasteiger partial charge in [0.15, 0.2) is 0 Å². The molecule has 27 heavy (non-hydrogen) atoms. The van der Waals surface area contributed by atoms with Gasteiger partial charge in [-0.2, -0.15) is 0 Å². The Hall–Kier alpha value is -2.44. The third-order valence-corrected chi connectivity index (χ3v) is 4.79. The van der Waals surface area contributed by atoms with Crippen LogP contribution >= 0.6 is 0 Å². The van der Waals surface area contributed by atoms with E-state index in [4.69, 9.17) is 9.47 Å². The van der Waals surface area contributed by atoms with Crippen molar-refractivity contribution in [2.24, 2.45) is 11.8 Å². The van der Waals surface area contributed by atoms with E-state index in [-0.39, 0.29) is 23.8 Å². The third-order valence-electron chi connectivity index (χ3n) is 4.79. The Morgan fingerprint density at radius 1 is 1.19 bits per heavy atom. The summed E-state index contributed by atoms with van der Waals surface area (Å²) in [6.07, 6.45) is 0. The molecule has 0 spiro atoms. The maximum absolute atomic E-state index is 12.9. The molecule has 2 unspecified atom stereocenters. The van der Waals surface area contributed by atoms with Gasteiger partial charge in [-0.05, 0) is 31.0 Å². The summed E-state index contributed by atoms with van der Waals surface area (Å²) in [5.41, 5.74) is 0.883. The second-order valence-corrected chi connectivity index (χ2v) is 7.20. The van der Waals surface area contributed by atoms with Crippen LogP contribution in [0.5, 0.6) is 11.5 Å². The van der Waals surface area contributed by atoms with E-state index in [1.807, 2.05) is 25.1 Å². The minimum atomic E-state index is -0.340. The SMILES string of the molecule is CCNC(=O)N1CC(C(=O)NCC(C)C)C(c2cc(OC)ccc2OC)C1. The number of nitrogens with one attached hydrogen (secondary N) is 2. The van der Waals surface area contributed by atoms with E-state index in [0.29, 0.717) is 43.6 Å². The molecule has 0 aliphatic carbocycles. The van der Waals surface area contributed by atoms with E-state index in [0.717, 1.165) is 5.56 Å². The molecule has 2 atom stereocenters. The molecule has 1 aromatic rings. The summed E-state index contributed by atoms with van der Waals surface area (Å²) in [7, 11) is 3.21. The molecule has 1 aliphatic heterocycles. The number of hydrogen-bond acceptors (Lipinski definition) is 4. The molecule has 2 rings (SSSR count). The van der Waals surface area contributed by atoms with Crippen LogP contribution in [0.15, 0.2) is 18.2 Å². The first-order valence-corrected chi connectivity index (χ1v) is 9.43. The van der Waals surface area contributed by atoms with Crippen LogP contribution < -0.4 is 20.1 Å². The van der Waals surface area contributed by atoms with Gasteiger partial charge in [0.1, 0.15) is 11.5 Å². The molecule has 7 heteroatoms. The summed E-state index contributed by atoms with van der Waals surface area (Å²) in [4.78, 5) is 26.9. The van der Waals surface area contributed by atoms with Gasteiger partial charge >= 0.3 is 6.03 Å². The van der Waals surface area contributed by atoms with Gasteiger partial charge in [0.2, 0.25) is 5.91 Å². The number of hydrogen-bond donors (Lipinski definition) is 2. The fourth-order valence-electron chi connectivity index (χ4n) is 3.38. The van der Waals surface area contributed by atoms with Gasteiger partial charge in [0.05, 0.1) is 20.1 Å². The zero-order valence-corrected chi connectivity index (χ0v) is 16.9. The topological polar surface area (TPSA) is 79.9 Å². The molecule has 1 aromatic carbocycles. The lowest BCUT2D eigenvalue weighted by molar-refractivity contribution is -0.125. The van der Waals surface area contributed by atoms with Gasteiger partial charge in [-0.1, -0.05) is 13.8 Å². The van der Waals surface area contributed by atoms with E-state index in [1.54, 1.807) is 19.1 Å². The number of rotatable bonds is 7. The van der Waals surface area contributed by atoms with Crippen molar-refractivity contribution in [1.82, 2.24) is 15.5 Å². The van der Waals surface area contributed by atoms with E-state index < -0.39 is 0 Å². The van der Waals surface area contributed by atoms with E-state index in [2.05, 4.69) is 24.5 Å². The van der Waals surface area contributed by atoms with Gasteiger partial charge in [-0.15, -0.1) is 0 Å². The summed E-state index contributed by atoms with van der Waals surface area (Å²) in [6.45, 7) is 7.97. The Balaban J connectivity index is 2.33. The number of urea groups is 1. The maximum atomic E-state index is 12.9. The number of methoxy groups -OCH3 is 2. The van der Waals surface area contributed by atoms with Gasteiger partial charge in [-0.25, -0.2) is 4.79 Å². The fraction of sp³-hybridized carbons (Fsp3) is 0.600. The molecule has 0 aromatic heterocycles. The molecule has 1 saturated heterocycles. The monoisotopic (exact) mass is 377 g/mol. The molecule has 150 valence electrons. The van der Waals surface area contributed by atoms with Gasteiger partial charge < -0.3 is 25.0 Å². The lowest BCUT2D eigenvalue weighted by Gasteiger charge is -2.21. The summed E-state index contributed by atoms with van der Waals surface area (Å²) in [5.74, 6) is 1.21. The van der Waals surface area contributed by atoms with Gasteiger partial charge in [0.25, 0.3) is 0 Å². The summed E-state index contributed by atoms with van der Waals surface area (Å²) >= 11 is 0. The van der Waals surface area contributed by atoms with E-state index in [1.165, 1.54) is 0 Å². The number of amides is 3. The highest BCUT2D eigenvalue weighted by molar-refractivity contribution is 5.83. The first-order valence-electron chi connectivity index (χ1n) is 9.43. The van der Waals surface area contributed by atoms with Crippen molar-refractivity contribution >= 4 is 11.9 Å². The van der Waals surface area contributed by atoms with Crippen LogP contribution in [0.3, 0.4) is 0 Å². The van der Waals surface area contributed by atoms with Crippen molar-refractivity contribution < 1.29 is 19.1 Å². The first kappa shape index (κ1) is 20.9. The van der Waals surface area contributed by atoms with Crippen molar-refractivity contribution in [3.63, 3.8) is 0 Å². The Morgan fingerprint density at radius 2 is 1.93 bits per heavy atom. The van der Waals surface area contributed by atoms with Crippen LogP contribution in [-0.4, -0.2) is 57.2 Å². The minimum absolute atomic E-state index is 0.0367. The zero-order chi connectivity index (χ0) is 20.0. The summed E-state index contributed by atoms with van der Waals surface area (Å²) in [5, 5.41) is 5.83. The lowest BCUT2D eigenvalue weighted by Crippen LogP contribution is -2.40. The number of carbonyl (C=O) groups is 2. The summed E-state index contributed by atoms with van der Waals surface area (Å²) in [6, 6.07) is 5.41. The van der Waals surface area contributed by atoms with Crippen LogP contribution in [0.2, 0.25) is 0 Å². The molecular formula is C20H31N3O4. The quantitative estimate of drug-likeness (QED) is 0.764. The van der Waals surface area contributed by atoms with Gasteiger partial charge in [-0.3, -0.25) is 4.79 Å². The molecule has 1 heterocycles. The molecule has 0 bridgehead atoms. The molecule has 7 nitrogen and oxygen atoms in total. The number of carbonyl (C=O) groups excluding carboxylic acids is 2. The smallest absolute Gasteiger partial charge is 0.317 e. The second-order valence-electron chi connectivity index (χ2n) is 7.20. The van der Waals surface area contributed by atoms with Crippen LogP contribution in [0.25, 0.3) is 0 Å². The maximum Gasteiger partial charge on any atom is 0.317 e. The average Bonchev–Trinajstić information content (AvgIpc) is 3.11. The normalized spacial score (nSPS) is 19.1. The molecule has 1 aliphatic rings. The highest BCUT2D eigenvalue weighted by atomic mass is 16.5. The number of likely N-dealkylation sites (tertiary alicyclic amines) is 1. The van der Waals surface area contributed by atoms with Gasteiger partial charge in [0, 0.05) is 37.7 Å². The molecule has 0 saturated carbocycles. The molecule has 2 N–H and O–H groups in total. The Bertz CT molecular complexity index is 663. The third kappa shape index (κ3) is 5.05. The Kier molecular flexibility index (Phi) is 7.33. The lowest BCUT2D eigenvalue weighted by atomic mass is 9.87. The van der Waals surface area contributed by atoms with Crippen molar-refractivity contribution in [1.29, 1.82) is 0 Å². The highest BCUT2D eigenvalue weighted by Gasteiger charge is 2.41. The van der Waals surface area contributed by atoms with Crippen molar-refractivity contribution in [2.75, 3.05) is 40.4 Å². The Labute approximate surface area is 161 Å². The van der Waals surface area contributed by atoms with E-state index >= 15 is 0 Å². The van der Waals surface area contributed by atoms with Crippen molar-refractivity contribution in [2.45, 2.75) is 26.7 Å². The van der Waals surface area contributed by atoms with Crippen LogP contribution in [0, 0.1) is 11.8 Å². The van der Waals surface area contributed by atoms with Crippen LogP contribution in [0.1, 0.15) is 32.3 Å². The second kappa shape index (κ2) is 9.48. The summed E-state index contributed by atoms with van der Waals surface area (Å²) < 4.78 is 10.9. The molecule has 1 fully saturated rings. The van der Waals surface area contributed by atoms with Crippen molar-refractivity contribution in [3.05, 3.63) is 23.8 Å². The van der Waals surface area contributed by atoms with Crippen LogP contribution in [-0.2, 0) is 4.79 Å². The fourth-order valence-corrected chi connectivity index (χ4v) is 3.38. The molecule has 0 radical (unpaired) electrons. The zero-order valence-electron chi connectivity index (χ0n) is 16.9. The number of ether oxygens (including phenoxy) is 2. The van der Waals surface area contributed by atoms with Crippen molar-refractivity contribution in [3.8, 4) is 11.5 Å². The minimum Gasteiger partial charge on any atom is -0.497 e. The van der Waals surface area contributed by atoms with E-state index in [9.17, 15) is 9.59 Å². The highest BCUT2D eigenvalue weighted by Crippen LogP contribution is 2.39. The average molecular weight is 377 g/mol. The Morgan fingerprint density at radius 3 is 2.52 bits per heavy atom. The predicted molar refractivity (Wildman–Crippen MR) is 104 cm³/mol. The largest absolute Gasteiger partial charge is 0.497 e. The molecular weight excluding hydrogens is 346 g/mol. The standard InChI is InChI=1S/C20H31N3O4/c1-6-21-20(25)23-11-16(17(12-23)19(24)22-10-13(2)3)15-9-14(26-4)7-8-18(15)27-5/h7-9,13,16-17H,6,10-12H2,1-5H3,(H,21,25)(H,22,24).